The van der Waals surface area contributed by atoms with Crippen LogP contribution in [0.5, 0.6) is 0 Å². The number of aryl methyl sites for hydroxylation is 1. The molecule has 4 heterocycles. The van der Waals surface area contributed by atoms with E-state index in [-0.39, 0.29) is 5.91 Å². The highest BCUT2D eigenvalue weighted by molar-refractivity contribution is 5.93. The zero-order chi connectivity index (χ0) is 17.2. The number of likely N-dealkylation sites (tertiary alicyclic amines) is 1. The summed E-state index contributed by atoms with van der Waals surface area (Å²) in [6, 6.07) is 8.05. The van der Waals surface area contributed by atoms with E-state index >= 15 is 0 Å². The average Bonchev–Trinajstić information content (AvgIpc) is 3.05. The Morgan fingerprint density at radius 2 is 2.20 bits per heavy atom. The minimum atomic E-state index is 0.0391. The molecular formula is C20H22N4O. The number of hydrogen-bond donors (Lipinski definition) is 0. The average molecular weight is 334 g/mol. The van der Waals surface area contributed by atoms with Crippen LogP contribution in [-0.2, 0) is 6.42 Å². The van der Waals surface area contributed by atoms with Crippen LogP contribution in [0.1, 0.15) is 34.5 Å². The molecule has 25 heavy (non-hydrogen) atoms. The molecule has 3 aromatic rings. The van der Waals surface area contributed by atoms with E-state index in [1.54, 1.807) is 6.20 Å². The Kier molecular flexibility index (Phi) is 4.22. The van der Waals surface area contributed by atoms with Crippen LogP contribution in [0.3, 0.4) is 0 Å². The van der Waals surface area contributed by atoms with Crippen molar-refractivity contribution in [3.63, 3.8) is 0 Å². The Morgan fingerprint density at radius 3 is 3.04 bits per heavy atom. The highest BCUT2D eigenvalue weighted by Gasteiger charge is 2.26. The first-order valence-corrected chi connectivity index (χ1v) is 8.82. The van der Waals surface area contributed by atoms with Crippen LogP contribution in [-0.4, -0.2) is 38.3 Å². The molecule has 1 atom stereocenters. The summed E-state index contributed by atoms with van der Waals surface area (Å²) < 4.78 is 1.93. The molecule has 0 aliphatic carbocycles. The number of rotatable bonds is 3. The first kappa shape index (κ1) is 15.8. The van der Waals surface area contributed by atoms with Crippen LogP contribution in [0.15, 0.2) is 49.1 Å². The molecular weight excluding hydrogens is 312 g/mol. The van der Waals surface area contributed by atoms with Gasteiger partial charge in [-0.15, -0.1) is 0 Å². The molecule has 0 bridgehead atoms. The summed E-state index contributed by atoms with van der Waals surface area (Å²) in [5.74, 6) is 0.526. The largest absolute Gasteiger partial charge is 0.337 e. The molecule has 4 rings (SSSR count). The standard InChI is InChI=1S/C20H22N4O/c1-15-6-7-19-22-18(14-24(19)12-15)20(25)23-9-3-5-17(13-23)10-16-4-2-8-21-11-16/h2,4,6-8,11-12,14,17H,3,5,9-10,13H2,1H3/t17-/m0/s1. The molecule has 5 heteroatoms. The topological polar surface area (TPSA) is 50.5 Å². The molecule has 128 valence electrons. The van der Waals surface area contributed by atoms with Crippen LogP contribution < -0.4 is 0 Å². The normalized spacial score (nSPS) is 17.8. The number of fused-ring (bicyclic) bond motifs is 1. The quantitative estimate of drug-likeness (QED) is 0.739. The smallest absolute Gasteiger partial charge is 0.274 e. The van der Waals surface area contributed by atoms with Gasteiger partial charge in [-0.2, -0.15) is 0 Å². The zero-order valence-electron chi connectivity index (χ0n) is 14.4. The molecule has 5 nitrogen and oxygen atoms in total. The molecule has 1 aliphatic heterocycles. The predicted molar refractivity (Wildman–Crippen MR) is 96.5 cm³/mol. The number of carbonyl (C=O) groups excluding carboxylic acids is 1. The van der Waals surface area contributed by atoms with E-state index in [4.69, 9.17) is 0 Å². The van der Waals surface area contributed by atoms with Crippen LogP contribution in [0, 0.1) is 12.8 Å². The summed E-state index contributed by atoms with van der Waals surface area (Å²) in [6.07, 6.45) is 10.7. The third kappa shape index (κ3) is 3.40. The summed E-state index contributed by atoms with van der Waals surface area (Å²) in [7, 11) is 0. The first-order chi connectivity index (χ1) is 12.2. The van der Waals surface area contributed by atoms with Crippen molar-refractivity contribution in [2.75, 3.05) is 13.1 Å². The fourth-order valence-corrected chi connectivity index (χ4v) is 3.64. The fraction of sp³-hybridized carbons (Fsp3) is 0.350. The first-order valence-electron chi connectivity index (χ1n) is 8.82. The Hall–Kier alpha value is -2.69. The number of nitrogens with zero attached hydrogens (tertiary/aromatic N) is 4. The maximum absolute atomic E-state index is 12.9. The van der Waals surface area contributed by atoms with Gasteiger partial charge in [0.1, 0.15) is 11.3 Å². The molecule has 3 aromatic heterocycles. The van der Waals surface area contributed by atoms with Gasteiger partial charge in [0.05, 0.1) is 0 Å². The third-order valence-corrected chi connectivity index (χ3v) is 4.87. The number of piperidine rings is 1. The second-order valence-electron chi connectivity index (χ2n) is 6.92. The lowest BCUT2D eigenvalue weighted by molar-refractivity contribution is 0.0668. The maximum Gasteiger partial charge on any atom is 0.274 e. The van der Waals surface area contributed by atoms with Gasteiger partial charge in [0.15, 0.2) is 0 Å². The van der Waals surface area contributed by atoms with Gasteiger partial charge in [-0.05, 0) is 55.4 Å². The van der Waals surface area contributed by atoms with E-state index in [1.165, 1.54) is 5.56 Å². The van der Waals surface area contributed by atoms with Gasteiger partial charge in [-0.25, -0.2) is 4.98 Å². The van der Waals surface area contributed by atoms with Crippen molar-refractivity contribution < 1.29 is 4.79 Å². The summed E-state index contributed by atoms with van der Waals surface area (Å²) in [5, 5.41) is 0. The molecule has 0 radical (unpaired) electrons. The Labute approximate surface area is 147 Å². The van der Waals surface area contributed by atoms with Gasteiger partial charge in [-0.3, -0.25) is 9.78 Å². The number of pyridine rings is 2. The van der Waals surface area contributed by atoms with Crippen LogP contribution >= 0.6 is 0 Å². The van der Waals surface area contributed by atoms with E-state index in [2.05, 4.69) is 16.0 Å². The molecule has 0 unspecified atom stereocenters. The SMILES string of the molecule is Cc1ccc2nc(C(=O)N3CCC[C@@H](Cc4cccnc4)C3)cn2c1. The molecule has 0 N–H and O–H groups in total. The predicted octanol–water partition coefficient (Wildman–Crippen LogP) is 3.13. The molecule has 1 amide bonds. The Bertz CT molecular complexity index is 887. The van der Waals surface area contributed by atoms with Crippen LogP contribution in [0.25, 0.3) is 5.65 Å². The number of carbonyl (C=O) groups is 1. The minimum absolute atomic E-state index is 0.0391. The van der Waals surface area contributed by atoms with Gasteiger partial charge < -0.3 is 9.30 Å². The van der Waals surface area contributed by atoms with Crippen molar-refractivity contribution >= 4 is 11.6 Å². The number of hydrogen-bond acceptors (Lipinski definition) is 3. The van der Waals surface area contributed by atoms with Crippen molar-refractivity contribution in [3.05, 3.63) is 65.9 Å². The molecule has 1 fully saturated rings. The third-order valence-electron chi connectivity index (χ3n) is 4.87. The van der Waals surface area contributed by atoms with Crippen molar-refractivity contribution in [2.45, 2.75) is 26.2 Å². The van der Waals surface area contributed by atoms with Crippen molar-refractivity contribution in [1.82, 2.24) is 19.3 Å². The van der Waals surface area contributed by atoms with Gasteiger partial charge in [0.2, 0.25) is 0 Å². The zero-order valence-corrected chi connectivity index (χ0v) is 14.4. The molecule has 1 aliphatic rings. The number of aromatic nitrogens is 3. The van der Waals surface area contributed by atoms with E-state index in [1.807, 2.05) is 53.0 Å². The molecule has 0 spiro atoms. The van der Waals surface area contributed by atoms with Gasteiger partial charge in [0.25, 0.3) is 5.91 Å². The lowest BCUT2D eigenvalue weighted by atomic mass is 9.92. The van der Waals surface area contributed by atoms with E-state index in [9.17, 15) is 4.79 Å². The van der Waals surface area contributed by atoms with E-state index in [0.29, 0.717) is 11.6 Å². The fourth-order valence-electron chi connectivity index (χ4n) is 3.64. The number of amides is 1. The second kappa shape index (κ2) is 6.67. The second-order valence-corrected chi connectivity index (χ2v) is 6.92. The maximum atomic E-state index is 12.9. The van der Waals surface area contributed by atoms with Crippen LogP contribution in [0.2, 0.25) is 0 Å². The Balaban J connectivity index is 1.49. The van der Waals surface area contributed by atoms with Gasteiger partial charge >= 0.3 is 0 Å². The van der Waals surface area contributed by atoms with E-state index < -0.39 is 0 Å². The van der Waals surface area contributed by atoms with Gasteiger partial charge in [0, 0.05) is 37.9 Å². The summed E-state index contributed by atoms with van der Waals surface area (Å²) in [4.78, 5) is 23.5. The highest BCUT2D eigenvalue weighted by Crippen LogP contribution is 2.22. The summed E-state index contributed by atoms with van der Waals surface area (Å²) in [6.45, 7) is 3.64. The van der Waals surface area contributed by atoms with Gasteiger partial charge in [-0.1, -0.05) is 12.1 Å². The highest BCUT2D eigenvalue weighted by atomic mass is 16.2. The minimum Gasteiger partial charge on any atom is -0.337 e. The lowest BCUT2D eigenvalue weighted by Gasteiger charge is -2.32. The summed E-state index contributed by atoms with van der Waals surface area (Å²) >= 11 is 0. The monoisotopic (exact) mass is 334 g/mol. The summed E-state index contributed by atoms with van der Waals surface area (Å²) in [5.41, 5.74) is 3.74. The lowest BCUT2D eigenvalue weighted by Crippen LogP contribution is -2.40. The van der Waals surface area contributed by atoms with Crippen molar-refractivity contribution in [3.8, 4) is 0 Å². The Morgan fingerprint density at radius 1 is 1.28 bits per heavy atom. The van der Waals surface area contributed by atoms with E-state index in [0.717, 1.165) is 43.6 Å². The number of imidazole rings is 1. The molecule has 0 aromatic carbocycles. The molecule has 1 saturated heterocycles. The van der Waals surface area contributed by atoms with Crippen LogP contribution in [0.4, 0.5) is 0 Å². The molecule has 0 saturated carbocycles. The van der Waals surface area contributed by atoms with Crippen molar-refractivity contribution in [2.24, 2.45) is 5.92 Å². The van der Waals surface area contributed by atoms with Crippen molar-refractivity contribution in [1.29, 1.82) is 0 Å².